The van der Waals surface area contributed by atoms with Crippen molar-refractivity contribution in [1.82, 2.24) is 10.4 Å². The molecular formula is C8H14N3O3. The van der Waals surface area contributed by atoms with Gasteiger partial charge < -0.3 is 5.32 Å². The van der Waals surface area contributed by atoms with Gasteiger partial charge in [-0.2, -0.15) is 0 Å². The molecule has 0 saturated carbocycles. The molecule has 0 atom stereocenters. The second-order valence-corrected chi connectivity index (χ2v) is 4.37. The van der Waals surface area contributed by atoms with Crippen molar-refractivity contribution in [3.8, 4) is 0 Å². The van der Waals surface area contributed by atoms with E-state index in [1.165, 1.54) is 0 Å². The number of nitrogens with zero attached hydrogens (tertiary/aromatic N) is 2. The Labute approximate surface area is 82.3 Å². The Morgan fingerprint density at radius 1 is 1.43 bits per heavy atom. The first-order valence-corrected chi connectivity index (χ1v) is 4.29. The minimum absolute atomic E-state index is 0.336. The summed E-state index contributed by atoms with van der Waals surface area (Å²) in [5.74, 6) is 0. The van der Waals surface area contributed by atoms with Crippen LogP contribution in [0.5, 0.6) is 0 Å². The van der Waals surface area contributed by atoms with Crippen molar-refractivity contribution in [2.75, 3.05) is 0 Å². The van der Waals surface area contributed by atoms with E-state index in [-0.39, 0.29) is 0 Å². The average Bonchev–Trinajstić information content (AvgIpc) is 2.12. The summed E-state index contributed by atoms with van der Waals surface area (Å²) in [5, 5.41) is 25.7. The van der Waals surface area contributed by atoms with Gasteiger partial charge in [-0.3, -0.25) is 10.1 Å². The van der Waals surface area contributed by atoms with Crippen molar-refractivity contribution >= 4 is 0 Å². The Balaban J connectivity index is 3.09. The molecule has 0 bridgehead atoms. The fourth-order valence-electron chi connectivity index (χ4n) is 1.64. The molecule has 1 radical (unpaired) electrons. The minimum Gasteiger partial charge on any atom is -0.362 e. The molecule has 0 aromatic carbocycles. The van der Waals surface area contributed by atoms with Gasteiger partial charge in [-0.1, -0.05) is 0 Å². The molecule has 1 aliphatic rings. The van der Waals surface area contributed by atoms with Crippen LogP contribution in [0.15, 0.2) is 11.9 Å². The lowest BCUT2D eigenvalue weighted by atomic mass is 10.0. The molecule has 0 unspecified atom stereocenters. The zero-order valence-electron chi connectivity index (χ0n) is 8.70. The normalized spacial score (nSPS) is 27.6. The van der Waals surface area contributed by atoms with Gasteiger partial charge in [-0.25, -0.2) is 0 Å². The number of nitrogens with one attached hydrogen (secondary N) is 1. The molecule has 1 saturated heterocycles. The lowest BCUT2D eigenvalue weighted by Gasteiger charge is -2.29. The first-order valence-electron chi connectivity index (χ1n) is 4.29. The lowest BCUT2D eigenvalue weighted by Crippen LogP contribution is -2.47. The van der Waals surface area contributed by atoms with Crippen molar-refractivity contribution in [3.63, 3.8) is 0 Å². The van der Waals surface area contributed by atoms with E-state index < -0.39 is 16.1 Å². The number of rotatable bonds is 1. The third-order valence-corrected chi connectivity index (χ3v) is 2.35. The molecule has 6 nitrogen and oxygen atoms in total. The average molecular weight is 200 g/mol. The van der Waals surface area contributed by atoms with Gasteiger partial charge in [0.25, 0.3) is 6.20 Å². The van der Waals surface area contributed by atoms with Crippen LogP contribution in [0.2, 0.25) is 0 Å². The van der Waals surface area contributed by atoms with Crippen LogP contribution >= 0.6 is 0 Å². The summed E-state index contributed by atoms with van der Waals surface area (Å²) < 4.78 is 0. The van der Waals surface area contributed by atoms with Gasteiger partial charge in [-0.05, 0) is 27.7 Å². The fraction of sp³-hybridized carbons (Fsp3) is 0.750. The van der Waals surface area contributed by atoms with Gasteiger partial charge >= 0.3 is 0 Å². The Hall–Kier alpha value is -1.14. The van der Waals surface area contributed by atoms with E-state index in [1.54, 1.807) is 27.7 Å². The van der Waals surface area contributed by atoms with E-state index in [0.717, 1.165) is 11.3 Å². The molecule has 79 valence electrons. The van der Waals surface area contributed by atoms with Crippen molar-refractivity contribution in [2.45, 2.75) is 38.9 Å². The van der Waals surface area contributed by atoms with Crippen LogP contribution in [0.4, 0.5) is 0 Å². The van der Waals surface area contributed by atoms with Crippen molar-refractivity contribution in [2.24, 2.45) is 0 Å². The predicted molar refractivity (Wildman–Crippen MR) is 48.9 cm³/mol. The Kier molecular flexibility index (Phi) is 2.29. The highest BCUT2D eigenvalue weighted by Gasteiger charge is 2.50. The molecule has 0 spiro atoms. The number of hydrogen-bond donors (Lipinski definition) is 1. The molecule has 1 N–H and O–H groups in total. The van der Waals surface area contributed by atoms with Crippen LogP contribution in [-0.4, -0.2) is 21.2 Å². The third kappa shape index (κ3) is 1.58. The van der Waals surface area contributed by atoms with Crippen LogP contribution in [0.3, 0.4) is 0 Å². The number of hydroxylamine groups is 2. The quantitative estimate of drug-likeness (QED) is 0.503. The zero-order valence-corrected chi connectivity index (χ0v) is 8.70. The molecule has 0 aromatic rings. The second-order valence-electron chi connectivity index (χ2n) is 4.37. The van der Waals surface area contributed by atoms with E-state index in [1.807, 2.05) is 0 Å². The lowest BCUT2D eigenvalue weighted by molar-refractivity contribution is -0.404. The highest BCUT2D eigenvalue weighted by atomic mass is 16.6. The molecule has 0 aliphatic carbocycles. The van der Waals surface area contributed by atoms with Gasteiger partial charge in [0.2, 0.25) is 0 Å². The first-order chi connectivity index (χ1) is 6.18. The highest BCUT2D eigenvalue weighted by Crippen LogP contribution is 2.34. The van der Waals surface area contributed by atoms with Crippen LogP contribution in [0.25, 0.3) is 0 Å². The Morgan fingerprint density at radius 2 is 1.93 bits per heavy atom. The van der Waals surface area contributed by atoms with Gasteiger partial charge in [-0.15, -0.1) is 10.3 Å². The summed E-state index contributed by atoms with van der Waals surface area (Å²) in [6, 6.07) is 0. The maximum Gasteiger partial charge on any atom is 0.255 e. The molecule has 6 heteroatoms. The van der Waals surface area contributed by atoms with Crippen LogP contribution in [0, 0.1) is 10.1 Å². The summed E-state index contributed by atoms with van der Waals surface area (Å²) >= 11 is 0. The van der Waals surface area contributed by atoms with E-state index in [0.29, 0.717) is 5.70 Å². The molecule has 1 heterocycles. The first kappa shape index (κ1) is 10.9. The van der Waals surface area contributed by atoms with Crippen molar-refractivity contribution < 1.29 is 10.1 Å². The van der Waals surface area contributed by atoms with E-state index in [2.05, 4.69) is 5.32 Å². The highest BCUT2D eigenvalue weighted by molar-refractivity contribution is 5.21. The molecular weight excluding hydrogens is 186 g/mol. The number of nitro groups is 1. The summed E-state index contributed by atoms with van der Waals surface area (Å²) in [6.07, 6.45) is 0.847. The van der Waals surface area contributed by atoms with E-state index in [9.17, 15) is 15.3 Å². The topological polar surface area (TPSA) is 78.3 Å². The number of hydrogen-bond acceptors (Lipinski definition) is 4. The van der Waals surface area contributed by atoms with Gasteiger partial charge in [0.05, 0.1) is 10.5 Å². The van der Waals surface area contributed by atoms with Crippen LogP contribution in [-0.2, 0) is 5.21 Å². The Bertz CT molecular complexity index is 296. The summed E-state index contributed by atoms with van der Waals surface area (Å²) in [7, 11) is 0. The van der Waals surface area contributed by atoms with Gasteiger partial charge in [0.1, 0.15) is 11.4 Å². The molecule has 1 fully saturated rings. The molecule has 14 heavy (non-hydrogen) atoms. The van der Waals surface area contributed by atoms with Crippen molar-refractivity contribution in [1.29, 1.82) is 0 Å². The largest absolute Gasteiger partial charge is 0.362 e. The summed E-state index contributed by atoms with van der Waals surface area (Å²) in [6.45, 7) is 6.67. The zero-order chi connectivity index (χ0) is 11.1. The van der Waals surface area contributed by atoms with Gasteiger partial charge in [0, 0.05) is 0 Å². The molecule has 1 aliphatic heterocycles. The predicted octanol–water partition coefficient (Wildman–Crippen LogP) is 0.870. The fourth-order valence-corrected chi connectivity index (χ4v) is 1.64. The molecule has 0 aromatic heterocycles. The third-order valence-electron chi connectivity index (χ3n) is 2.35. The summed E-state index contributed by atoms with van der Waals surface area (Å²) in [5.41, 5.74) is -1.34. The summed E-state index contributed by atoms with van der Waals surface area (Å²) in [4.78, 5) is 9.77. The van der Waals surface area contributed by atoms with Gasteiger partial charge in [0.15, 0.2) is 0 Å². The maximum atomic E-state index is 11.7. The van der Waals surface area contributed by atoms with E-state index >= 15 is 0 Å². The molecule has 1 rings (SSSR count). The second kappa shape index (κ2) is 2.93. The van der Waals surface area contributed by atoms with Crippen LogP contribution in [0.1, 0.15) is 27.7 Å². The Morgan fingerprint density at radius 3 is 2.21 bits per heavy atom. The minimum atomic E-state index is -0.878. The molecule has 0 amide bonds. The monoisotopic (exact) mass is 200 g/mol. The van der Waals surface area contributed by atoms with Crippen LogP contribution < -0.4 is 5.32 Å². The maximum absolute atomic E-state index is 11.7. The van der Waals surface area contributed by atoms with E-state index in [4.69, 9.17) is 0 Å². The van der Waals surface area contributed by atoms with Crippen molar-refractivity contribution in [3.05, 3.63) is 22.0 Å². The SMILES string of the molecule is CC1(C)N/C(=C\[N+](=O)[O-])C(C)(C)N1[O]. The smallest absolute Gasteiger partial charge is 0.255 e. The standard InChI is InChI=1S/C8H14N3O3/c1-7(2)6(5-10(12)13)9-8(3,4)11(7)14/h5,9H,1-4H3/b6-5-.